The normalized spacial score (nSPS) is 49.9. The Morgan fingerprint density at radius 1 is 0.361 bits per heavy atom. The maximum atomic E-state index is 11.4. The summed E-state index contributed by atoms with van der Waals surface area (Å²) in [6.07, 6.45) is -43.4. The summed E-state index contributed by atoms with van der Waals surface area (Å²) in [6.45, 7) is -0.0635. The molecule has 5 heterocycles. The fourth-order valence-electron chi connectivity index (χ4n) is 7.33. The molecule has 0 radical (unpaired) electrons. The second-order valence-electron chi connectivity index (χ2n) is 16.1. The molecular formula is C35H62O26. The van der Waals surface area contributed by atoms with Gasteiger partial charge in [-0.1, -0.05) is 13.8 Å². The van der Waals surface area contributed by atoms with E-state index in [2.05, 4.69) is 0 Å². The van der Waals surface area contributed by atoms with Gasteiger partial charge in [-0.15, -0.1) is 0 Å². The third kappa shape index (κ3) is 11.5. The van der Waals surface area contributed by atoms with Gasteiger partial charge in [0.05, 0.1) is 39.6 Å². The van der Waals surface area contributed by atoms with Gasteiger partial charge in [0.1, 0.15) is 122 Å². The van der Waals surface area contributed by atoms with Crippen molar-refractivity contribution in [3.8, 4) is 0 Å². The molecule has 0 saturated carbocycles. The van der Waals surface area contributed by atoms with Gasteiger partial charge in [-0.25, -0.2) is 0 Å². The van der Waals surface area contributed by atoms with E-state index >= 15 is 0 Å². The maximum Gasteiger partial charge on any atom is 0.187 e. The fourth-order valence-corrected chi connectivity index (χ4v) is 7.33. The molecule has 5 aliphatic rings. The monoisotopic (exact) mass is 898 g/mol. The standard InChI is InChI=1S/C35H62O26/c1-10(2)3-4-52-32-28(51)29(60-33-26(49)21(44)16(39)11(5-36)55-33)20(43)15(59-32)9-53-31-25(48)23(46)19(42)14(58-31)8-54-35-30(24(47)18(41)13(7-38)57-35)61-34-27(50)22(45)17(40)12(6-37)56-34/h10-51H,3-9H2,1-2H3. The number of hydrogen-bond acceptors (Lipinski definition) is 26. The van der Waals surface area contributed by atoms with Crippen LogP contribution < -0.4 is 0 Å². The van der Waals surface area contributed by atoms with Gasteiger partial charge >= 0.3 is 0 Å². The van der Waals surface area contributed by atoms with Gasteiger partial charge in [-0.2, -0.15) is 0 Å². The van der Waals surface area contributed by atoms with E-state index in [4.69, 9.17) is 47.4 Å². The average molecular weight is 899 g/mol. The zero-order valence-electron chi connectivity index (χ0n) is 33.2. The SMILES string of the molecule is CC(C)CCOC1OC(COC2OC(COC3OC(CO)C(O)C(O)C3OC3OC(CO)C(O)C(O)C3O)C(O)C(O)C2O)C(O)C(OC2OC(CO)C(O)C(O)C2O)C1O. The summed E-state index contributed by atoms with van der Waals surface area (Å²) >= 11 is 0. The van der Waals surface area contributed by atoms with Crippen LogP contribution in [0.3, 0.4) is 0 Å². The average Bonchev–Trinajstić information content (AvgIpc) is 3.23. The van der Waals surface area contributed by atoms with E-state index in [1.54, 1.807) is 0 Å². The van der Waals surface area contributed by atoms with E-state index in [9.17, 15) is 81.7 Å². The van der Waals surface area contributed by atoms with Crippen LogP contribution in [0.15, 0.2) is 0 Å². The lowest BCUT2D eigenvalue weighted by Crippen LogP contribution is -2.65. The summed E-state index contributed by atoms with van der Waals surface area (Å²) < 4.78 is 56.2. The smallest absolute Gasteiger partial charge is 0.187 e. The summed E-state index contributed by atoms with van der Waals surface area (Å²) in [5.41, 5.74) is 0. The predicted molar refractivity (Wildman–Crippen MR) is 190 cm³/mol. The van der Waals surface area contributed by atoms with E-state index in [0.717, 1.165) is 0 Å². The van der Waals surface area contributed by atoms with Crippen molar-refractivity contribution in [2.45, 2.75) is 174 Å². The van der Waals surface area contributed by atoms with Gasteiger partial charge in [-0.3, -0.25) is 0 Å². The number of aliphatic hydroxyl groups is 16. The summed E-state index contributed by atoms with van der Waals surface area (Å²) in [6, 6.07) is 0. The number of aliphatic hydroxyl groups excluding tert-OH is 16. The highest BCUT2D eigenvalue weighted by Crippen LogP contribution is 2.33. The summed E-state index contributed by atoms with van der Waals surface area (Å²) in [7, 11) is 0. The van der Waals surface area contributed by atoms with Gasteiger partial charge in [0.15, 0.2) is 31.5 Å². The van der Waals surface area contributed by atoms with Crippen LogP contribution in [0.1, 0.15) is 20.3 Å². The van der Waals surface area contributed by atoms with E-state index in [1.165, 1.54) is 0 Å². The van der Waals surface area contributed by atoms with Gasteiger partial charge in [0.25, 0.3) is 0 Å². The first kappa shape index (κ1) is 51.0. The van der Waals surface area contributed by atoms with Crippen LogP contribution in [0.2, 0.25) is 0 Å². The number of hydrogen-bond donors (Lipinski definition) is 16. The molecule has 358 valence electrons. The predicted octanol–water partition coefficient (Wildman–Crippen LogP) is -9.85. The van der Waals surface area contributed by atoms with Crippen molar-refractivity contribution in [3.05, 3.63) is 0 Å². The van der Waals surface area contributed by atoms with Crippen molar-refractivity contribution in [3.63, 3.8) is 0 Å². The van der Waals surface area contributed by atoms with Crippen LogP contribution in [0.5, 0.6) is 0 Å². The highest BCUT2D eigenvalue weighted by molar-refractivity contribution is 4.97. The van der Waals surface area contributed by atoms with Crippen LogP contribution >= 0.6 is 0 Å². The van der Waals surface area contributed by atoms with Gasteiger partial charge < -0.3 is 129 Å². The molecule has 25 unspecified atom stereocenters. The molecular weight excluding hydrogens is 836 g/mol. The Hall–Kier alpha value is -1.04. The summed E-state index contributed by atoms with van der Waals surface area (Å²) in [4.78, 5) is 0. The second-order valence-corrected chi connectivity index (χ2v) is 16.1. The molecule has 16 N–H and O–H groups in total. The van der Waals surface area contributed by atoms with Crippen LogP contribution in [-0.4, -0.2) is 275 Å². The molecule has 0 aromatic carbocycles. The van der Waals surface area contributed by atoms with Crippen molar-refractivity contribution in [1.29, 1.82) is 0 Å². The molecule has 0 amide bonds. The third-order valence-electron chi connectivity index (χ3n) is 11.2. The van der Waals surface area contributed by atoms with Crippen molar-refractivity contribution in [1.82, 2.24) is 0 Å². The molecule has 5 saturated heterocycles. The molecule has 25 atom stereocenters. The first-order chi connectivity index (χ1) is 28.8. The van der Waals surface area contributed by atoms with Crippen LogP contribution in [0.25, 0.3) is 0 Å². The Balaban J connectivity index is 1.27. The largest absolute Gasteiger partial charge is 0.394 e. The molecule has 26 heteroatoms. The van der Waals surface area contributed by atoms with Crippen LogP contribution in [-0.2, 0) is 47.4 Å². The van der Waals surface area contributed by atoms with Gasteiger partial charge in [0.2, 0.25) is 0 Å². The second kappa shape index (κ2) is 22.4. The molecule has 0 aliphatic carbocycles. The minimum Gasteiger partial charge on any atom is -0.394 e. The summed E-state index contributed by atoms with van der Waals surface area (Å²) in [5.74, 6) is 0.161. The number of rotatable bonds is 17. The Labute approximate surface area is 348 Å². The lowest BCUT2D eigenvalue weighted by atomic mass is 9.96. The first-order valence-electron chi connectivity index (χ1n) is 19.9. The first-order valence-corrected chi connectivity index (χ1v) is 19.9. The molecule has 26 nitrogen and oxygen atoms in total. The molecule has 0 aromatic rings. The highest BCUT2D eigenvalue weighted by Gasteiger charge is 2.54. The lowest BCUT2D eigenvalue weighted by Gasteiger charge is -2.47. The van der Waals surface area contributed by atoms with E-state index in [-0.39, 0.29) is 12.5 Å². The molecule has 61 heavy (non-hydrogen) atoms. The number of ether oxygens (including phenoxy) is 10. The topological polar surface area (TPSA) is 416 Å². The Morgan fingerprint density at radius 3 is 1.20 bits per heavy atom. The minimum absolute atomic E-state index is 0.0558. The lowest BCUT2D eigenvalue weighted by molar-refractivity contribution is -0.375. The molecule has 5 aliphatic heterocycles. The molecule has 0 spiro atoms. The van der Waals surface area contributed by atoms with Crippen LogP contribution in [0.4, 0.5) is 0 Å². The Bertz CT molecular complexity index is 1300. The van der Waals surface area contributed by atoms with E-state index in [1.807, 2.05) is 13.8 Å². The van der Waals surface area contributed by atoms with E-state index in [0.29, 0.717) is 6.42 Å². The Kier molecular flexibility index (Phi) is 18.7. The fraction of sp³-hybridized carbons (Fsp3) is 1.00. The van der Waals surface area contributed by atoms with Crippen LogP contribution in [0, 0.1) is 5.92 Å². The van der Waals surface area contributed by atoms with Crippen molar-refractivity contribution >= 4 is 0 Å². The van der Waals surface area contributed by atoms with E-state index < -0.39 is 187 Å². The van der Waals surface area contributed by atoms with Crippen molar-refractivity contribution < 1.29 is 129 Å². The third-order valence-corrected chi connectivity index (χ3v) is 11.2. The quantitative estimate of drug-likeness (QED) is 0.0644. The summed E-state index contributed by atoms with van der Waals surface area (Å²) in [5, 5.41) is 167. The van der Waals surface area contributed by atoms with Gasteiger partial charge in [-0.05, 0) is 12.3 Å². The molecule has 5 rings (SSSR count). The Morgan fingerprint density at radius 2 is 0.721 bits per heavy atom. The zero-order valence-corrected chi connectivity index (χ0v) is 33.2. The molecule has 0 aromatic heterocycles. The van der Waals surface area contributed by atoms with Crippen molar-refractivity contribution in [2.75, 3.05) is 39.6 Å². The zero-order chi connectivity index (χ0) is 45.0. The molecule has 5 fully saturated rings. The van der Waals surface area contributed by atoms with Gasteiger partial charge in [0, 0.05) is 0 Å². The minimum atomic E-state index is -1.98. The van der Waals surface area contributed by atoms with Crippen molar-refractivity contribution in [2.24, 2.45) is 5.92 Å². The maximum absolute atomic E-state index is 11.4. The highest BCUT2D eigenvalue weighted by atomic mass is 16.8. The molecule has 0 bridgehead atoms.